The number of ether oxygens (including phenoxy) is 1. The molecule has 2 fully saturated rings. The normalized spacial score (nSPS) is 21.3. The number of carbonyl (C=O) groups is 1. The SMILES string of the molecule is COc1cc2nn(C3CCC(CN4CCN(c5cnc6cccnn56)CC4)CC3)cc2cc1C(N)=O. The van der Waals surface area contributed by atoms with Crippen molar-refractivity contribution >= 4 is 28.3 Å². The largest absolute Gasteiger partial charge is 0.496 e. The maximum Gasteiger partial charge on any atom is 0.252 e. The number of fused-ring (bicyclic) bond motifs is 2. The van der Waals surface area contributed by atoms with Gasteiger partial charge in [0, 0.05) is 56.6 Å². The van der Waals surface area contributed by atoms with Crippen LogP contribution in [0.1, 0.15) is 42.1 Å². The zero-order valence-electron chi connectivity index (χ0n) is 20.6. The lowest BCUT2D eigenvalue weighted by molar-refractivity contribution is 0.0997. The van der Waals surface area contributed by atoms with Crippen LogP contribution in [0.2, 0.25) is 0 Å². The van der Waals surface area contributed by atoms with Gasteiger partial charge in [0.05, 0.1) is 30.4 Å². The van der Waals surface area contributed by atoms with Crippen LogP contribution in [-0.2, 0) is 0 Å². The summed E-state index contributed by atoms with van der Waals surface area (Å²) in [4.78, 5) is 21.2. The molecule has 36 heavy (non-hydrogen) atoms. The number of nitrogens with zero attached hydrogens (tertiary/aromatic N) is 7. The van der Waals surface area contributed by atoms with Gasteiger partial charge < -0.3 is 15.4 Å². The smallest absolute Gasteiger partial charge is 0.252 e. The van der Waals surface area contributed by atoms with E-state index in [1.807, 2.05) is 35.2 Å². The number of imidazole rings is 1. The third kappa shape index (κ3) is 4.26. The first kappa shape index (κ1) is 22.8. The minimum Gasteiger partial charge on any atom is -0.496 e. The van der Waals surface area contributed by atoms with Gasteiger partial charge in [0.15, 0.2) is 11.5 Å². The summed E-state index contributed by atoms with van der Waals surface area (Å²) in [5.41, 5.74) is 7.64. The van der Waals surface area contributed by atoms with E-state index in [9.17, 15) is 4.79 Å². The molecule has 2 N–H and O–H groups in total. The Kier molecular flexibility index (Phi) is 5.96. The fraction of sp³-hybridized carbons (Fsp3) is 0.462. The van der Waals surface area contributed by atoms with Gasteiger partial charge in [0.1, 0.15) is 5.75 Å². The van der Waals surface area contributed by atoms with Gasteiger partial charge in [-0.2, -0.15) is 14.7 Å². The van der Waals surface area contributed by atoms with Crippen molar-refractivity contribution in [1.82, 2.24) is 29.3 Å². The molecule has 10 nitrogen and oxygen atoms in total. The molecular formula is C26H32N8O2. The summed E-state index contributed by atoms with van der Waals surface area (Å²) < 4.78 is 9.35. The van der Waals surface area contributed by atoms with E-state index in [-0.39, 0.29) is 0 Å². The third-order valence-corrected chi connectivity index (χ3v) is 7.77. The fourth-order valence-corrected chi connectivity index (χ4v) is 5.77. The molecule has 3 aromatic heterocycles. The number of methoxy groups -OCH3 is 1. The van der Waals surface area contributed by atoms with E-state index in [4.69, 9.17) is 15.6 Å². The summed E-state index contributed by atoms with van der Waals surface area (Å²) in [6.07, 6.45) is 10.4. The topological polar surface area (TPSA) is 107 Å². The Labute approximate surface area is 209 Å². The lowest BCUT2D eigenvalue weighted by Crippen LogP contribution is -2.48. The van der Waals surface area contributed by atoms with E-state index >= 15 is 0 Å². The molecule has 1 aliphatic heterocycles. The van der Waals surface area contributed by atoms with Crippen LogP contribution >= 0.6 is 0 Å². The van der Waals surface area contributed by atoms with E-state index in [1.54, 1.807) is 19.2 Å². The van der Waals surface area contributed by atoms with Crippen molar-refractivity contribution in [3.05, 3.63) is 48.4 Å². The monoisotopic (exact) mass is 488 g/mol. The van der Waals surface area contributed by atoms with Crippen LogP contribution < -0.4 is 15.4 Å². The highest BCUT2D eigenvalue weighted by atomic mass is 16.5. The first-order valence-corrected chi connectivity index (χ1v) is 12.7. The van der Waals surface area contributed by atoms with Crippen LogP contribution in [0, 0.1) is 5.92 Å². The van der Waals surface area contributed by atoms with E-state index in [0.29, 0.717) is 17.4 Å². The number of piperazine rings is 1. The number of rotatable bonds is 6. The highest BCUT2D eigenvalue weighted by Crippen LogP contribution is 2.34. The molecule has 4 aromatic rings. The number of amides is 1. The van der Waals surface area contributed by atoms with Gasteiger partial charge in [-0.15, -0.1) is 0 Å². The molecule has 1 saturated carbocycles. The summed E-state index contributed by atoms with van der Waals surface area (Å²) in [6.45, 7) is 5.28. The van der Waals surface area contributed by atoms with Crippen molar-refractivity contribution in [1.29, 1.82) is 0 Å². The molecule has 188 valence electrons. The molecule has 0 unspecified atom stereocenters. The van der Waals surface area contributed by atoms with Gasteiger partial charge in [0.2, 0.25) is 0 Å². The van der Waals surface area contributed by atoms with Crippen molar-refractivity contribution < 1.29 is 9.53 Å². The van der Waals surface area contributed by atoms with Gasteiger partial charge in [-0.3, -0.25) is 14.4 Å². The van der Waals surface area contributed by atoms with Crippen LogP contribution in [0.15, 0.2) is 42.9 Å². The molecule has 10 heteroatoms. The first-order valence-electron chi connectivity index (χ1n) is 12.7. The van der Waals surface area contributed by atoms with Crippen molar-refractivity contribution in [3.63, 3.8) is 0 Å². The van der Waals surface area contributed by atoms with Crippen LogP contribution in [0.25, 0.3) is 16.6 Å². The van der Waals surface area contributed by atoms with Crippen LogP contribution in [-0.4, -0.2) is 75.0 Å². The zero-order valence-corrected chi connectivity index (χ0v) is 20.6. The van der Waals surface area contributed by atoms with Gasteiger partial charge in [0.25, 0.3) is 5.91 Å². The Morgan fingerprint density at radius 1 is 1.14 bits per heavy atom. The molecule has 0 bridgehead atoms. The molecule has 4 heterocycles. The van der Waals surface area contributed by atoms with Crippen LogP contribution in [0.4, 0.5) is 5.82 Å². The Balaban J connectivity index is 1.03. The Morgan fingerprint density at radius 3 is 2.69 bits per heavy atom. The number of nitrogens with two attached hydrogens (primary N) is 1. The second-order valence-electron chi connectivity index (χ2n) is 9.96. The molecular weight excluding hydrogens is 456 g/mol. The van der Waals surface area contributed by atoms with Crippen LogP contribution in [0.3, 0.4) is 0 Å². The Hall–Kier alpha value is -3.66. The van der Waals surface area contributed by atoms with E-state index < -0.39 is 5.91 Å². The van der Waals surface area contributed by atoms with Crippen molar-refractivity contribution in [3.8, 4) is 5.75 Å². The maximum absolute atomic E-state index is 11.8. The summed E-state index contributed by atoms with van der Waals surface area (Å²) in [5.74, 6) is 1.79. The lowest BCUT2D eigenvalue weighted by Gasteiger charge is -2.38. The molecule has 6 rings (SSSR count). The molecule has 0 radical (unpaired) electrons. The Morgan fingerprint density at radius 2 is 1.94 bits per heavy atom. The molecule has 1 aromatic carbocycles. The molecule has 2 aliphatic rings. The van der Waals surface area contributed by atoms with Crippen molar-refractivity contribution in [2.24, 2.45) is 11.7 Å². The minimum atomic E-state index is -0.488. The van der Waals surface area contributed by atoms with E-state index in [1.165, 1.54) is 12.8 Å². The Bertz CT molecular complexity index is 1380. The van der Waals surface area contributed by atoms with Crippen LogP contribution in [0.5, 0.6) is 5.75 Å². The highest BCUT2D eigenvalue weighted by Gasteiger charge is 2.27. The molecule has 1 amide bonds. The standard InChI is InChI=1S/C26H32N8O2/c1-36-23-14-22-19(13-21(23)26(27)35)17-33(30-22)20-6-4-18(5-7-20)16-31-9-11-32(12-10-31)25-15-28-24-3-2-8-29-34(24)25/h2-3,8,13-15,17-18,20H,4-7,9-12,16H2,1H3,(H2,27,35). The minimum absolute atomic E-state index is 0.385. The molecule has 0 atom stereocenters. The van der Waals surface area contributed by atoms with Crippen molar-refractivity contribution in [2.45, 2.75) is 31.7 Å². The fourth-order valence-electron chi connectivity index (χ4n) is 5.77. The number of aromatic nitrogens is 5. The summed E-state index contributed by atoms with van der Waals surface area (Å²) >= 11 is 0. The van der Waals surface area contributed by atoms with Crippen molar-refractivity contribution in [2.75, 3.05) is 44.7 Å². The van der Waals surface area contributed by atoms with Gasteiger partial charge >= 0.3 is 0 Å². The number of hydrogen-bond donors (Lipinski definition) is 1. The predicted octanol–water partition coefficient (Wildman–Crippen LogP) is 2.74. The average Bonchev–Trinajstić information content (AvgIpc) is 3.53. The molecule has 1 saturated heterocycles. The molecule has 1 aliphatic carbocycles. The molecule has 0 spiro atoms. The van der Waals surface area contributed by atoms with Gasteiger partial charge in [-0.25, -0.2) is 4.98 Å². The van der Waals surface area contributed by atoms with Gasteiger partial charge in [-0.05, 0) is 49.8 Å². The average molecular weight is 489 g/mol. The number of primary amides is 1. The number of carbonyl (C=O) groups excluding carboxylic acids is 1. The van der Waals surface area contributed by atoms with Gasteiger partial charge in [-0.1, -0.05) is 0 Å². The summed E-state index contributed by atoms with van der Waals surface area (Å²) in [6, 6.07) is 7.89. The third-order valence-electron chi connectivity index (χ3n) is 7.77. The van der Waals surface area contributed by atoms with E-state index in [2.05, 4.69) is 24.6 Å². The quantitative estimate of drug-likeness (QED) is 0.445. The lowest BCUT2D eigenvalue weighted by atomic mass is 9.85. The summed E-state index contributed by atoms with van der Waals surface area (Å²) in [7, 11) is 1.54. The predicted molar refractivity (Wildman–Crippen MR) is 137 cm³/mol. The summed E-state index contributed by atoms with van der Waals surface area (Å²) in [5, 5.41) is 10.2. The second-order valence-corrected chi connectivity index (χ2v) is 9.96. The maximum atomic E-state index is 11.8. The number of benzene rings is 1. The number of anilines is 1. The zero-order chi connectivity index (χ0) is 24.6. The first-order chi connectivity index (χ1) is 17.6. The second kappa shape index (κ2) is 9.42. The van der Waals surface area contributed by atoms with E-state index in [0.717, 1.165) is 73.9 Å². The number of hydrogen-bond acceptors (Lipinski definition) is 7. The highest BCUT2D eigenvalue weighted by molar-refractivity contribution is 6.00.